The molecule has 0 amide bonds. The fourth-order valence-electron chi connectivity index (χ4n) is 1.85. The number of ether oxygens (including phenoxy) is 1. The van der Waals surface area contributed by atoms with Crippen molar-refractivity contribution in [3.63, 3.8) is 0 Å². The molecule has 24 heavy (non-hydrogen) atoms. The van der Waals surface area contributed by atoms with Crippen molar-refractivity contribution in [1.82, 2.24) is 4.72 Å². The van der Waals surface area contributed by atoms with E-state index in [2.05, 4.69) is 27.5 Å². The van der Waals surface area contributed by atoms with Crippen LogP contribution >= 0.6 is 27.5 Å². The number of hydrogen-bond acceptors (Lipinski definition) is 3. The zero-order chi connectivity index (χ0) is 18.1. The molecule has 1 aromatic rings. The molecule has 4 nitrogen and oxygen atoms in total. The smallest absolute Gasteiger partial charge is 0.410 e. The van der Waals surface area contributed by atoms with Crippen LogP contribution in [0.15, 0.2) is 40.9 Å². The summed E-state index contributed by atoms with van der Waals surface area (Å²) in [7, 11) is -3.55. The van der Waals surface area contributed by atoms with Gasteiger partial charge in [-0.15, -0.1) is 0 Å². The molecule has 1 aromatic carbocycles. The molecular weight excluding hydrogens is 442 g/mol. The molecule has 0 radical (unpaired) electrons. The molecule has 2 rings (SSSR count). The molecule has 0 fully saturated rings. The predicted octanol–water partition coefficient (Wildman–Crippen LogP) is 3.65. The lowest BCUT2D eigenvalue weighted by Crippen LogP contribution is -2.47. The zero-order valence-corrected chi connectivity index (χ0v) is 14.7. The molecule has 1 unspecified atom stereocenters. The number of carbonyl (C=O) groups is 1. The normalized spacial score (nSPS) is 20.8. The van der Waals surface area contributed by atoms with Gasteiger partial charge in [0.05, 0.1) is 6.04 Å². The lowest BCUT2D eigenvalue weighted by Gasteiger charge is -2.27. The van der Waals surface area contributed by atoms with Crippen LogP contribution < -0.4 is 4.72 Å². The number of esters is 1. The van der Waals surface area contributed by atoms with E-state index in [0.29, 0.717) is 10.0 Å². The van der Waals surface area contributed by atoms with Gasteiger partial charge >= 0.3 is 16.6 Å². The van der Waals surface area contributed by atoms with Crippen LogP contribution in [0.1, 0.15) is 11.6 Å². The van der Waals surface area contributed by atoms with Crippen LogP contribution in [0.5, 0.6) is 0 Å². The Labute approximate surface area is 149 Å². The summed E-state index contributed by atoms with van der Waals surface area (Å²) < 4.78 is 71.6. The van der Waals surface area contributed by atoms with Crippen molar-refractivity contribution in [3.8, 4) is 0 Å². The fraction of sp³-hybridized carbons (Fsp3) is 0.308. The van der Waals surface area contributed by atoms with Crippen LogP contribution in [-0.4, -0.2) is 26.9 Å². The predicted molar refractivity (Wildman–Crippen MR) is 82.9 cm³/mol. The molecule has 1 aliphatic rings. The molecule has 0 aromatic heterocycles. The van der Waals surface area contributed by atoms with Crippen LogP contribution in [0.3, 0.4) is 0 Å². The number of hydrogen-bond donors (Lipinski definition) is 1. The van der Waals surface area contributed by atoms with E-state index < -0.39 is 39.7 Å². The second kappa shape index (κ2) is 7.11. The Morgan fingerprint density at radius 3 is 2.29 bits per heavy atom. The highest BCUT2D eigenvalue weighted by atomic mass is 79.9. The molecule has 0 saturated carbocycles. The zero-order valence-electron chi connectivity index (χ0n) is 11.5. The third-order valence-corrected chi connectivity index (χ3v) is 5.10. The number of carbonyl (C=O) groups excluding carboxylic acids is 1. The first-order chi connectivity index (χ1) is 11.0. The van der Waals surface area contributed by atoms with E-state index in [9.17, 15) is 26.6 Å². The molecule has 11 heteroatoms. The summed E-state index contributed by atoms with van der Waals surface area (Å²) in [6.45, 7) is 0. The molecule has 1 N–H and O–H groups in total. The van der Waals surface area contributed by atoms with Crippen molar-refractivity contribution in [2.75, 3.05) is 0 Å². The number of rotatable bonds is 6. The standard InChI is InChI=1S/C13H9BrClF4NO3S/c14-8-3-1-7(2-4-8)11(9-5-6-10(21)23-9)20-24(22)13(18,19)12(15,16)17/h1-6,9,11,20H/t9-,11-,24?/m1/s1. The van der Waals surface area contributed by atoms with E-state index in [1.165, 1.54) is 18.2 Å². The van der Waals surface area contributed by atoms with E-state index in [4.69, 9.17) is 4.74 Å². The summed E-state index contributed by atoms with van der Waals surface area (Å²) in [6, 6.07) is 4.81. The Bertz CT molecular complexity index is 681. The molecule has 0 aliphatic carbocycles. The molecule has 0 bridgehead atoms. The molecule has 3 atom stereocenters. The molecule has 1 aliphatic heterocycles. The fourth-order valence-corrected chi connectivity index (χ4v) is 3.19. The molecule has 132 valence electrons. The summed E-state index contributed by atoms with van der Waals surface area (Å²) in [5.74, 6) is -0.732. The van der Waals surface area contributed by atoms with Crippen molar-refractivity contribution in [2.45, 2.75) is 22.8 Å². The minimum absolute atomic E-state index is 0.296. The van der Waals surface area contributed by atoms with Crippen molar-refractivity contribution >= 4 is 44.5 Å². The van der Waals surface area contributed by atoms with E-state index in [1.807, 2.05) is 4.72 Å². The summed E-state index contributed by atoms with van der Waals surface area (Å²) in [4.78, 5) is 11.2. The van der Waals surface area contributed by atoms with Gasteiger partial charge in [-0.2, -0.15) is 17.6 Å². The number of alkyl halides is 5. The second-order valence-corrected chi connectivity index (χ2v) is 7.37. The van der Waals surface area contributed by atoms with E-state index in [0.717, 1.165) is 6.08 Å². The van der Waals surface area contributed by atoms with Crippen LogP contribution in [-0.2, 0) is 20.5 Å². The third kappa shape index (κ3) is 4.16. The lowest BCUT2D eigenvalue weighted by molar-refractivity contribution is -0.139. The minimum atomic E-state index is -5.03. The van der Waals surface area contributed by atoms with Crippen LogP contribution in [0.4, 0.5) is 17.6 Å². The summed E-state index contributed by atoms with van der Waals surface area (Å²) in [5.41, 5.74) is 0.296. The SMILES string of the molecule is O=C1C=C[C@H]([C@H](NS(=O)C(F)(F)C(F)(F)Cl)c2ccc(Br)cc2)O1. The topological polar surface area (TPSA) is 55.4 Å². The van der Waals surface area contributed by atoms with Crippen molar-refractivity contribution in [3.05, 3.63) is 46.5 Å². The summed E-state index contributed by atoms with van der Waals surface area (Å²) in [6.07, 6.45) is 1.20. The Morgan fingerprint density at radius 2 is 1.83 bits per heavy atom. The minimum Gasteiger partial charge on any atom is -0.453 e. The summed E-state index contributed by atoms with van der Waals surface area (Å²) in [5, 5.41) is -10.0. The van der Waals surface area contributed by atoms with E-state index in [1.54, 1.807) is 12.1 Å². The van der Waals surface area contributed by atoms with Gasteiger partial charge in [0.2, 0.25) is 0 Å². The number of benzene rings is 1. The van der Waals surface area contributed by atoms with E-state index in [-0.39, 0.29) is 0 Å². The third-order valence-electron chi connectivity index (χ3n) is 3.03. The quantitative estimate of drug-likeness (QED) is 0.409. The molecule has 0 saturated heterocycles. The number of nitrogens with one attached hydrogen (secondary N) is 1. The highest BCUT2D eigenvalue weighted by molar-refractivity contribution is 9.10. The monoisotopic (exact) mass is 449 g/mol. The van der Waals surface area contributed by atoms with Gasteiger partial charge in [0.15, 0.2) is 11.0 Å². The Hall–Kier alpha value is -0.970. The van der Waals surface area contributed by atoms with Gasteiger partial charge in [-0.05, 0) is 35.4 Å². The highest BCUT2D eigenvalue weighted by Gasteiger charge is 2.61. The van der Waals surface area contributed by atoms with Crippen molar-refractivity contribution in [2.24, 2.45) is 0 Å². The van der Waals surface area contributed by atoms with Crippen LogP contribution in [0.2, 0.25) is 0 Å². The molecular formula is C13H9BrClF4NO3S. The van der Waals surface area contributed by atoms with Crippen LogP contribution in [0.25, 0.3) is 0 Å². The second-order valence-electron chi connectivity index (χ2n) is 4.69. The van der Waals surface area contributed by atoms with Gasteiger partial charge in [0.25, 0.3) is 0 Å². The highest BCUT2D eigenvalue weighted by Crippen LogP contribution is 2.40. The van der Waals surface area contributed by atoms with Gasteiger partial charge in [0.1, 0.15) is 6.10 Å². The maximum Gasteiger partial charge on any atom is 0.410 e. The Kier molecular flexibility index (Phi) is 5.73. The van der Waals surface area contributed by atoms with Gasteiger partial charge in [-0.1, -0.05) is 28.1 Å². The first-order valence-electron chi connectivity index (χ1n) is 6.29. The molecule has 1 heterocycles. The first-order valence-corrected chi connectivity index (χ1v) is 8.61. The average Bonchev–Trinajstić information content (AvgIpc) is 2.90. The maximum absolute atomic E-state index is 13.5. The largest absolute Gasteiger partial charge is 0.453 e. The summed E-state index contributed by atoms with van der Waals surface area (Å²) >= 11 is 7.51. The van der Waals surface area contributed by atoms with Gasteiger partial charge in [-0.25, -0.2) is 13.7 Å². The Balaban J connectivity index is 2.30. The van der Waals surface area contributed by atoms with Gasteiger partial charge < -0.3 is 4.74 Å². The average molecular weight is 451 g/mol. The maximum atomic E-state index is 13.5. The molecule has 0 spiro atoms. The van der Waals surface area contributed by atoms with Crippen molar-refractivity contribution < 1.29 is 31.3 Å². The Morgan fingerprint density at radius 1 is 1.25 bits per heavy atom. The lowest BCUT2D eigenvalue weighted by atomic mass is 10.0. The number of cyclic esters (lactones) is 1. The first kappa shape index (κ1) is 19.4. The van der Waals surface area contributed by atoms with Gasteiger partial charge in [-0.3, -0.25) is 0 Å². The van der Waals surface area contributed by atoms with Crippen LogP contribution in [0, 0.1) is 0 Å². The van der Waals surface area contributed by atoms with E-state index >= 15 is 0 Å². The van der Waals surface area contributed by atoms with Crippen molar-refractivity contribution in [1.29, 1.82) is 0 Å². The van der Waals surface area contributed by atoms with Gasteiger partial charge in [0, 0.05) is 10.5 Å². The number of halogens is 6.